The van der Waals surface area contributed by atoms with Gasteiger partial charge in [0.15, 0.2) is 0 Å². The highest BCUT2D eigenvalue weighted by Crippen LogP contribution is 2.01. The highest BCUT2D eigenvalue weighted by molar-refractivity contribution is 5.99. The number of nitrogens with zero attached hydrogens (tertiary/aromatic N) is 1. The van der Waals surface area contributed by atoms with Gasteiger partial charge in [-0.3, -0.25) is 9.59 Å². The van der Waals surface area contributed by atoms with E-state index in [0.717, 1.165) is 17.9 Å². The van der Waals surface area contributed by atoms with Crippen molar-refractivity contribution in [2.24, 2.45) is 0 Å². The van der Waals surface area contributed by atoms with E-state index in [1.54, 1.807) is 24.3 Å². The summed E-state index contributed by atoms with van der Waals surface area (Å²) in [6, 6.07) is 17.2. The van der Waals surface area contributed by atoms with Crippen LogP contribution in [0, 0.1) is 13.8 Å². The van der Waals surface area contributed by atoms with E-state index in [2.05, 4.69) is 43.5 Å². The second-order valence-electron chi connectivity index (χ2n) is 5.57. The monoisotopic (exact) mass is 326 g/mol. The zero-order valence-corrected chi connectivity index (χ0v) is 14.7. The lowest BCUT2D eigenvalue weighted by atomic mass is 10.2. The van der Waals surface area contributed by atoms with E-state index in [1.165, 1.54) is 11.1 Å². The molecule has 2 aromatic rings. The molecule has 0 saturated heterocycles. The summed E-state index contributed by atoms with van der Waals surface area (Å²) in [5.41, 5.74) is 5.96. The Morgan fingerprint density at radius 2 is 1.67 bits per heavy atom. The molecule has 4 heteroatoms. The Hall–Kier alpha value is -2.46. The van der Waals surface area contributed by atoms with Crippen molar-refractivity contribution in [3.05, 3.63) is 71.3 Å². The van der Waals surface area contributed by atoms with E-state index < -0.39 is 0 Å². The van der Waals surface area contributed by atoms with Crippen LogP contribution in [0.25, 0.3) is 0 Å². The summed E-state index contributed by atoms with van der Waals surface area (Å²) < 4.78 is 0. The van der Waals surface area contributed by atoms with E-state index in [9.17, 15) is 9.59 Å². The van der Waals surface area contributed by atoms with Crippen LogP contribution < -0.4 is 5.43 Å². The number of rotatable bonds is 6. The fourth-order valence-electron chi connectivity index (χ4n) is 2.06. The minimum absolute atomic E-state index is 0.327. The van der Waals surface area contributed by atoms with E-state index in [4.69, 9.17) is 0 Å². The van der Waals surface area contributed by atoms with Crippen LogP contribution in [0.2, 0.25) is 0 Å². The van der Waals surface area contributed by atoms with Crippen molar-refractivity contribution in [3.63, 3.8) is 0 Å². The van der Waals surface area contributed by atoms with Gasteiger partial charge in [-0.2, -0.15) is 0 Å². The van der Waals surface area contributed by atoms with Gasteiger partial charge in [-0.25, -0.2) is 10.4 Å². The van der Waals surface area contributed by atoms with Gasteiger partial charge in [0, 0.05) is 12.1 Å². The predicted molar refractivity (Wildman–Crippen MR) is 97.5 cm³/mol. The van der Waals surface area contributed by atoms with Gasteiger partial charge < -0.3 is 0 Å². The number of nitrogens with one attached hydrogen (secondary N) is 1. The molecule has 2 aromatic carbocycles. The summed E-state index contributed by atoms with van der Waals surface area (Å²) >= 11 is 0. The van der Waals surface area contributed by atoms with Crippen molar-refractivity contribution in [2.45, 2.75) is 33.6 Å². The standard InChI is InChI=1S/C12H16N2O2.C8H10/c1-2-3-9-13-14(10-15)12(16)11-7-5-4-6-8-11;1-7-4-3-5-8(2)6-7/h4-8,10,13H,2-3,9H2,1H3;3-6H,1-2H3. The minimum Gasteiger partial charge on any atom is -0.277 e. The Morgan fingerprint density at radius 1 is 1.04 bits per heavy atom. The molecular weight excluding hydrogens is 300 g/mol. The molecule has 0 aliphatic carbocycles. The quantitative estimate of drug-likeness (QED) is 0.498. The summed E-state index contributed by atoms with van der Waals surface area (Å²) in [5.74, 6) is -0.327. The van der Waals surface area contributed by atoms with Gasteiger partial charge in [0.25, 0.3) is 5.91 Å². The third-order valence-electron chi connectivity index (χ3n) is 3.33. The normalized spacial score (nSPS) is 9.62. The molecule has 128 valence electrons. The largest absolute Gasteiger partial charge is 0.277 e. The van der Waals surface area contributed by atoms with Crippen LogP contribution in [0.15, 0.2) is 54.6 Å². The van der Waals surface area contributed by atoms with Crippen molar-refractivity contribution >= 4 is 12.3 Å². The lowest BCUT2D eigenvalue weighted by Crippen LogP contribution is -2.42. The Morgan fingerprint density at radius 3 is 2.12 bits per heavy atom. The van der Waals surface area contributed by atoms with Crippen molar-refractivity contribution in [3.8, 4) is 0 Å². The first-order chi connectivity index (χ1) is 11.6. The van der Waals surface area contributed by atoms with Crippen molar-refractivity contribution in [1.29, 1.82) is 0 Å². The maximum atomic E-state index is 11.8. The molecule has 4 nitrogen and oxygen atoms in total. The predicted octanol–water partition coefficient (Wildman–Crippen LogP) is 3.89. The summed E-state index contributed by atoms with van der Waals surface area (Å²) in [6.07, 6.45) is 2.44. The average molecular weight is 326 g/mol. The Labute approximate surface area is 144 Å². The van der Waals surface area contributed by atoms with Gasteiger partial charge in [-0.05, 0) is 32.4 Å². The third kappa shape index (κ3) is 7.20. The molecule has 0 bridgehead atoms. The summed E-state index contributed by atoms with van der Waals surface area (Å²) in [5, 5.41) is 0.991. The topological polar surface area (TPSA) is 49.4 Å². The first-order valence-electron chi connectivity index (χ1n) is 8.19. The minimum atomic E-state index is -0.327. The van der Waals surface area contributed by atoms with Crippen molar-refractivity contribution in [1.82, 2.24) is 10.4 Å². The number of hydrogen-bond donors (Lipinski definition) is 1. The van der Waals surface area contributed by atoms with Crippen molar-refractivity contribution in [2.75, 3.05) is 6.54 Å². The number of carbonyl (C=O) groups is 2. The lowest BCUT2D eigenvalue weighted by molar-refractivity contribution is -0.118. The van der Waals surface area contributed by atoms with Crippen LogP contribution in [-0.4, -0.2) is 23.9 Å². The Bertz CT molecular complexity index is 609. The first kappa shape index (κ1) is 19.6. The smallest absolute Gasteiger partial charge is 0.274 e. The fourth-order valence-corrected chi connectivity index (χ4v) is 2.06. The maximum absolute atomic E-state index is 11.8. The SMILES string of the molecule is CCCCNN(C=O)C(=O)c1ccccc1.Cc1cccc(C)c1. The molecule has 2 rings (SSSR count). The van der Waals surface area contributed by atoms with E-state index >= 15 is 0 Å². The number of imide groups is 1. The van der Waals surface area contributed by atoms with Gasteiger partial charge in [0.2, 0.25) is 6.41 Å². The molecule has 0 spiro atoms. The molecule has 0 atom stereocenters. The lowest BCUT2D eigenvalue weighted by Gasteiger charge is -2.16. The molecule has 0 aromatic heterocycles. The number of amides is 2. The van der Waals surface area contributed by atoms with Gasteiger partial charge in [0.05, 0.1) is 0 Å². The zero-order chi connectivity index (χ0) is 17.8. The molecule has 0 heterocycles. The van der Waals surface area contributed by atoms with E-state index in [-0.39, 0.29) is 5.91 Å². The van der Waals surface area contributed by atoms with Crippen LogP contribution in [0.1, 0.15) is 41.3 Å². The van der Waals surface area contributed by atoms with Crippen LogP contribution in [0.3, 0.4) is 0 Å². The molecule has 1 N–H and O–H groups in total. The summed E-state index contributed by atoms with van der Waals surface area (Å²) in [6.45, 7) is 6.87. The zero-order valence-electron chi connectivity index (χ0n) is 14.7. The number of aryl methyl sites for hydroxylation is 2. The van der Waals surface area contributed by atoms with E-state index in [0.29, 0.717) is 18.5 Å². The average Bonchev–Trinajstić information content (AvgIpc) is 2.59. The second-order valence-corrected chi connectivity index (χ2v) is 5.57. The number of hydrogen-bond acceptors (Lipinski definition) is 3. The molecule has 24 heavy (non-hydrogen) atoms. The summed E-state index contributed by atoms with van der Waals surface area (Å²) in [4.78, 5) is 22.6. The third-order valence-corrected chi connectivity index (χ3v) is 3.33. The van der Waals surface area contributed by atoms with Crippen molar-refractivity contribution < 1.29 is 9.59 Å². The second kappa shape index (κ2) is 11.1. The van der Waals surface area contributed by atoms with Crippen LogP contribution in [-0.2, 0) is 4.79 Å². The summed E-state index contributed by atoms with van der Waals surface area (Å²) in [7, 11) is 0. The van der Waals surface area contributed by atoms with Gasteiger partial charge in [-0.1, -0.05) is 66.9 Å². The fraction of sp³-hybridized carbons (Fsp3) is 0.300. The molecule has 0 aliphatic heterocycles. The number of unbranched alkanes of at least 4 members (excludes halogenated alkanes) is 1. The van der Waals surface area contributed by atoms with Gasteiger partial charge in [0.1, 0.15) is 0 Å². The highest BCUT2D eigenvalue weighted by atomic mass is 16.2. The van der Waals surface area contributed by atoms with E-state index in [1.807, 2.05) is 13.0 Å². The molecule has 0 radical (unpaired) electrons. The molecular formula is C20H26N2O2. The Balaban J connectivity index is 0.000000300. The molecule has 0 aliphatic rings. The number of hydrazine groups is 1. The first-order valence-corrected chi connectivity index (χ1v) is 8.19. The van der Waals surface area contributed by atoms with Crippen LogP contribution in [0.5, 0.6) is 0 Å². The molecule has 0 unspecified atom stereocenters. The maximum Gasteiger partial charge on any atom is 0.274 e. The van der Waals surface area contributed by atoms with Crippen LogP contribution in [0.4, 0.5) is 0 Å². The molecule has 0 saturated carbocycles. The molecule has 0 fully saturated rings. The van der Waals surface area contributed by atoms with Crippen LogP contribution >= 0.6 is 0 Å². The number of benzene rings is 2. The van der Waals surface area contributed by atoms with Gasteiger partial charge >= 0.3 is 0 Å². The number of carbonyl (C=O) groups excluding carboxylic acids is 2. The highest BCUT2D eigenvalue weighted by Gasteiger charge is 2.13. The Kier molecular flexibility index (Phi) is 9.09. The molecule has 2 amide bonds. The van der Waals surface area contributed by atoms with Gasteiger partial charge in [-0.15, -0.1) is 0 Å².